The number of amides is 1. The van der Waals surface area contributed by atoms with Crippen molar-refractivity contribution in [1.29, 1.82) is 0 Å². The highest BCUT2D eigenvalue weighted by molar-refractivity contribution is 5.64. The van der Waals surface area contributed by atoms with Crippen LogP contribution in [0.2, 0.25) is 0 Å². The topological polar surface area (TPSA) is 40.5 Å². The van der Waals surface area contributed by atoms with E-state index in [1.165, 1.54) is 7.05 Å². The summed E-state index contributed by atoms with van der Waals surface area (Å²) in [4.78, 5) is 10.9. The fourth-order valence-electron chi connectivity index (χ4n) is 0.205. The molecule has 0 aliphatic rings. The van der Waals surface area contributed by atoms with Crippen LogP contribution in [0, 0.1) is 12.3 Å². The molecular formula is C5H7NO2. The number of carboxylic acid groups (broad SMARTS) is 1. The maximum absolute atomic E-state index is 9.92. The first-order valence-electron chi connectivity index (χ1n) is 2.06. The fourth-order valence-corrected chi connectivity index (χ4v) is 0.205. The van der Waals surface area contributed by atoms with Crippen molar-refractivity contribution in [2.24, 2.45) is 0 Å². The average molecular weight is 113 g/mol. The molecule has 0 heterocycles. The zero-order chi connectivity index (χ0) is 6.57. The number of nitrogens with zero attached hydrogens (tertiary/aromatic N) is 1. The maximum atomic E-state index is 9.92. The van der Waals surface area contributed by atoms with Gasteiger partial charge in [-0.3, -0.25) is 0 Å². The van der Waals surface area contributed by atoms with Crippen molar-refractivity contribution in [3.63, 3.8) is 0 Å². The van der Waals surface area contributed by atoms with Gasteiger partial charge in [-0.1, -0.05) is 5.92 Å². The van der Waals surface area contributed by atoms with E-state index in [9.17, 15) is 4.79 Å². The Morgan fingerprint density at radius 2 is 2.50 bits per heavy atom. The van der Waals surface area contributed by atoms with Gasteiger partial charge in [0.25, 0.3) is 0 Å². The molecule has 0 aromatic heterocycles. The Bertz CT molecular complexity index is 125. The summed E-state index contributed by atoms with van der Waals surface area (Å²) in [5, 5.41) is 8.14. The second kappa shape index (κ2) is 2.92. The molecule has 0 bridgehead atoms. The Kier molecular flexibility index (Phi) is 2.49. The molecule has 0 aromatic carbocycles. The summed E-state index contributed by atoms with van der Waals surface area (Å²) in [6, 6.07) is 0. The van der Waals surface area contributed by atoms with Crippen LogP contribution in [0.25, 0.3) is 0 Å². The fraction of sp³-hybridized carbons (Fsp3) is 0.400. The Morgan fingerprint density at radius 3 is 2.62 bits per heavy atom. The summed E-state index contributed by atoms with van der Waals surface area (Å²) in [5.74, 6) is 2.19. The van der Waals surface area contributed by atoms with Crippen molar-refractivity contribution in [2.75, 3.05) is 13.6 Å². The quantitative estimate of drug-likeness (QED) is 0.494. The van der Waals surface area contributed by atoms with E-state index in [1.807, 2.05) is 0 Å². The largest absolute Gasteiger partial charge is 0.465 e. The lowest BCUT2D eigenvalue weighted by Gasteiger charge is -2.05. The van der Waals surface area contributed by atoms with Crippen LogP contribution in [-0.4, -0.2) is 29.7 Å². The van der Waals surface area contributed by atoms with E-state index in [0.717, 1.165) is 4.90 Å². The Morgan fingerprint density at radius 1 is 2.00 bits per heavy atom. The highest BCUT2D eigenvalue weighted by Gasteiger charge is 1.99. The highest BCUT2D eigenvalue weighted by atomic mass is 16.4. The van der Waals surface area contributed by atoms with Crippen LogP contribution in [0.15, 0.2) is 0 Å². The van der Waals surface area contributed by atoms with Crippen LogP contribution in [-0.2, 0) is 0 Å². The minimum Gasteiger partial charge on any atom is -0.465 e. The standard InChI is InChI=1S/C5H7NO2/c1-3-4-6(2)5(7)8/h1H,4H2,2H3,(H,7,8). The minimum absolute atomic E-state index is 0.148. The predicted molar refractivity (Wildman–Crippen MR) is 29.5 cm³/mol. The molecule has 0 saturated heterocycles. The van der Waals surface area contributed by atoms with Crippen LogP contribution < -0.4 is 0 Å². The number of terminal acetylenes is 1. The maximum Gasteiger partial charge on any atom is 0.407 e. The predicted octanol–water partition coefficient (Wildman–Crippen LogP) is 0.229. The summed E-state index contributed by atoms with van der Waals surface area (Å²) < 4.78 is 0. The first kappa shape index (κ1) is 6.83. The van der Waals surface area contributed by atoms with Crippen molar-refractivity contribution in [3.05, 3.63) is 0 Å². The Balaban J connectivity index is 3.52. The van der Waals surface area contributed by atoms with Crippen LogP contribution in [0.3, 0.4) is 0 Å². The molecular weight excluding hydrogens is 106 g/mol. The molecule has 3 heteroatoms. The zero-order valence-electron chi connectivity index (χ0n) is 4.59. The lowest BCUT2D eigenvalue weighted by Crippen LogP contribution is -2.24. The van der Waals surface area contributed by atoms with Gasteiger partial charge in [-0.25, -0.2) is 4.79 Å². The van der Waals surface area contributed by atoms with E-state index in [2.05, 4.69) is 5.92 Å². The average Bonchev–Trinajstić information content (AvgIpc) is 1.67. The molecule has 0 rings (SSSR count). The first-order valence-corrected chi connectivity index (χ1v) is 2.06. The zero-order valence-corrected chi connectivity index (χ0v) is 4.59. The summed E-state index contributed by atoms with van der Waals surface area (Å²) >= 11 is 0. The molecule has 1 N–H and O–H groups in total. The van der Waals surface area contributed by atoms with E-state index in [1.54, 1.807) is 0 Å². The van der Waals surface area contributed by atoms with Gasteiger partial charge >= 0.3 is 6.09 Å². The van der Waals surface area contributed by atoms with Crippen LogP contribution in [0.5, 0.6) is 0 Å². The third kappa shape index (κ3) is 2.08. The first-order chi connectivity index (χ1) is 3.68. The Labute approximate surface area is 47.9 Å². The molecule has 8 heavy (non-hydrogen) atoms. The van der Waals surface area contributed by atoms with Gasteiger partial charge in [0, 0.05) is 7.05 Å². The molecule has 0 unspecified atom stereocenters. The molecule has 0 aliphatic heterocycles. The highest BCUT2D eigenvalue weighted by Crippen LogP contribution is 1.78. The molecule has 0 radical (unpaired) electrons. The summed E-state index contributed by atoms with van der Waals surface area (Å²) in [6.45, 7) is 0.148. The van der Waals surface area contributed by atoms with E-state index in [-0.39, 0.29) is 6.54 Å². The summed E-state index contributed by atoms with van der Waals surface area (Å²) in [5.41, 5.74) is 0. The molecule has 44 valence electrons. The minimum atomic E-state index is -0.997. The lowest BCUT2D eigenvalue weighted by molar-refractivity contribution is 0.161. The van der Waals surface area contributed by atoms with Crippen molar-refractivity contribution in [1.82, 2.24) is 4.90 Å². The monoisotopic (exact) mass is 113 g/mol. The van der Waals surface area contributed by atoms with Gasteiger partial charge in [-0.2, -0.15) is 0 Å². The molecule has 1 amide bonds. The summed E-state index contributed by atoms with van der Waals surface area (Å²) in [6.07, 6.45) is 3.81. The molecule has 0 atom stereocenters. The number of rotatable bonds is 1. The van der Waals surface area contributed by atoms with Gasteiger partial charge < -0.3 is 10.0 Å². The molecule has 0 fully saturated rings. The molecule has 0 spiro atoms. The Hall–Kier alpha value is -1.17. The van der Waals surface area contributed by atoms with Gasteiger partial charge in [0.15, 0.2) is 0 Å². The smallest absolute Gasteiger partial charge is 0.407 e. The van der Waals surface area contributed by atoms with Crippen LogP contribution in [0.1, 0.15) is 0 Å². The lowest BCUT2D eigenvalue weighted by atomic mass is 10.6. The normalized spacial score (nSPS) is 7.50. The van der Waals surface area contributed by atoms with Crippen molar-refractivity contribution in [2.45, 2.75) is 0 Å². The van der Waals surface area contributed by atoms with Gasteiger partial charge in [0.1, 0.15) is 0 Å². The molecule has 3 nitrogen and oxygen atoms in total. The molecule has 0 aliphatic carbocycles. The SMILES string of the molecule is C#CCN(C)C(=O)O. The number of hydrogen-bond acceptors (Lipinski definition) is 1. The van der Waals surface area contributed by atoms with Gasteiger partial charge in [0.05, 0.1) is 6.54 Å². The second-order valence-corrected chi connectivity index (χ2v) is 1.34. The molecule has 0 saturated carbocycles. The third-order valence-corrected chi connectivity index (χ3v) is 0.655. The summed E-state index contributed by atoms with van der Waals surface area (Å²) in [7, 11) is 1.42. The van der Waals surface area contributed by atoms with Gasteiger partial charge in [-0.15, -0.1) is 6.42 Å². The van der Waals surface area contributed by atoms with E-state index in [4.69, 9.17) is 11.5 Å². The van der Waals surface area contributed by atoms with Crippen molar-refractivity contribution >= 4 is 6.09 Å². The van der Waals surface area contributed by atoms with Crippen molar-refractivity contribution < 1.29 is 9.90 Å². The van der Waals surface area contributed by atoms with Crippen LogP contribution in [0.4, 0.5) is 4.79 Å². The molecule has 0 aromatic rings. The van der Waals surface area contributed by atoms with Crippen molar-refractivity contribution in [3.8, 4) is 12.3 Å². The van der Waals surface area contributed by atoms with E-state index in [0.29, 0.717) is 0 Å². The second-order valence-electron chi connectivity index (χ2n) is 1.34. The van der Waals surface area contributed by atoms with E-state index >= 15 is 0 Å². The van der Waals surface area contributed by atoms with Gasteiger partial charge in [0.2, 0.25) is 0 Å². The van der Waals surface area contributed by atoms with Gasteiger partial charge in [-0.05, 0) is 0 Å². The van der Waals surface area contributed by atoms with E-state index < -0.39 is 6.09 Å². The number of carbonyl (C=O) groups is 1. The number of hydrogen-bond donors (Lipinski definition) is 1. The third-order valence-electron chi connectivity index (χ3n) is 0.655. The van der Waals surface area contributed by atoms with Crippen LogP contribution >= 0.6 is 0 Å².